The van der Waals surface area contributed by atoms with Crippen LogP contribution in [-0.2, 0) is 16.1 Å². The summed E-state index contributed by atoms with van der Waals surface area (Å²) in [5.41, 5.74) is 8.11. The van der Waals surface area contributed by atoms with Gasteiger partial charge in [0.25, 0.3) is 0 Å². The highest BCUT2D eigenvalue weighted by Crippen LogP contribution is 2.13. The van der Waals surface area contributed by atoms with Gasteiger partial charge in [-0.2, -0.15) is 0 Å². The van der Waals surface area contributed by atoms with Crippen molar-refractivity contribution in [2.75, 3.05) is 20.3 Å². The zero-order valence-electron chi connectivity index (χ0n) is 14.6. The topological polar surface area (TPSA) is 73.6 Å². The average Bonchev–Trinajstić information content (AvgIpc) is 2.65. The molecule has 2 rings (SSSR count). The fourth-order valence-electron chi connectivity index (χ4n) is 2.40. The van der Waals surface area contributed by atoms with Crippen LogP contribution in [0.1, 0.15) is 30.0 Å². The Morgan fingerprint density at radius 2 is 1.84 bits per heavy atom. The van der Waals surface area contributed by atoms with Gasteiger partial charge < -0.3 is 20.5 Å². The molecule has 3 N–H and O–H groups in total. The van der Waals surface area contributed by atoms with Gasteiger partial charge in [-0.05, 0) is 29.7 Å². The molecule has 0 aromatic heterocycles. The number of nitrogens with two attached hydrogens (primary N) is 1. The molecule has 25 heavy (non-hydrogen) atoms. The second kappa shape index (κ2) is 10.5. The van der Waals surface area contributed by atoms with Crippen LogP contribution < -0.4 is 15.8 Å². The normalized spacial score (nSPS) is 11.8. The third kappa shape index (κ3) is 6.95. The van der Waals surface area contributed by atoms with Crippen LogP contribution in [0.25, 0.3) is 0 Å². The maximum absolute atomic E-state index is 11.9. The van der Waals surface area contributed by atoms with E-state index in [1.807, 2.05) is 54.6 Å². The molecule has 0 aliphatic heterocycles. The Morgan fingerprint density at radius 3 is 2.52 bits per heavy atom. The Hall–Kier alpha value is -2.37. The van der Waals surface area contributed by atoms with Gasteiger partial charge in [0.05, 0.1) is 13.7 Å². The first kappa shape index (κ1) is 19.0. The van der Waals surface area contributed by atoms with Crippen LogP contribution in [0.4, 0.5) is 0 Å². The molecule has 0 spiro atoms. The maximum Gasteiger partial charge on any atom is 0.221 e. The van der Waals surface area contributed by atoms with Gasteiger partial charge in [0, 0.05) is 25.6 Å². The summed E-state index contributed by atoms with van der Waals surface area (Å²) in [4.78, 5) is 11.9. The number of carbonyl (C=O) groups is 1. The Bertz CT molecular complexity index is 629. The van der Waals surface area contributed by atoms with Crippen LogP contribution in [-0.4, -0.2) is 26.2 Å². The summed E-state index contributed by atoms with van der Waals surface area (Å²) in [6.45, 7) is 1.73. The monoisotopic (exact) mass is 342 g/mol. The first-order valence-electron chi connectivity index (χ1n) is 8.47. The van der Waals surface area contributed by atoms with E-state index in [0.29, 0.717) is 19.8 Å². The zero-order chi connectivity index (χ0) is 17.9. The highest BCUT2D eigenvalue weighted by molar-refractivity contribution is 5.76. The van der Waals surface area contributed by atoms with E-state index in [1.165, 1.54) is 0 Å². The van der Waals surface area contributed by atoms with Gasteiger partial charge in [0.1, 0.15) is 5.75 Å². The van der Waals surface area contributed by atoms with Gasteiger partial charge in [-0.15, -0.1) is 0 Å². The number of hydrogen-bond acceptors (Lipinski definition) is 4. The minimum atomic E-state index is -0.271. The Balaban J connectivity index is 1.55. The number of nitrogens with one attached hydrogen (secondary N) is 1. The van der Waals surface area contributed by atoms with Crippen molar-refractivity contribution in [1.29, 1.82) is 0 Å². The number of methoxy groups -OCH3 is 1. The molecule has 0 aliphatic rings. The number of hydrogen-bond donors (Lipinski definition) is 2. The molecular weight excluding hydrogens is 316 g/mol. The van der Waals surface area contributed by atoms with Crippen molar-refractivity contribution in [2.45, 2.75) is 25.5 Å². The second-order valence-corrected chi connectivity index (χ2v) is 5.83. The molecule has 1 unspecified atom stereocenters. The fourth-order valence-corrected chi connectivity index (χ4v) is 2.40. The van der Waals surface area contributed by atoms with Gasteiger partial charge in [0.2, 0.25) is 5.91 Å². The van der Waals surface area contributed by atoms with Crippen molar-refractivity contribution in [2.24, 2.45) is 5.73 Å². The van der Waals surface area contributed by atoms with Gasteiger partial charge in [-0.1, -0.05) is 42.5 Å². The molecule has 2 aromatic rings. The molecule has 0 heterocycles. The number of rotatable bonds is 10. The lowest BCUT2D eigenvalue weighted by molar-refractivity contribution is -0.121. The van der Waals surface area contributed by atoms with Crippen molar-refractivity contribution < 1.29 is 14.3 Å². The molecule has 5 heteroatoms. The molecule has 0 bridgehead atoms. The van der Waals surface area contributed by atoms with E-state index in [4.69, 9.17) is 15.2 Å². The molecule has 0 fully saturated rings. The summed E-state index contributed by atoms with van der Waals surface area (Å²) in [6, 6.07) is 17.2. The molecule has 5 nitrogen and oxygen atoms in total. The molecular formula is C20H26N2O3. The van der Waals surface area contributed by atoms with Crippen LogP contribution in [0.2, 0.25) is 0 Å². The minimum Gasteiger partial charge on any atom is -0.497 e. The molecule has 1 atom stereocenters. The number of benzene rings is 2. The lowest BCUT2D eigenvalue weighted by atomic mass is 10.0. The van der Waals surface area contributed by atoms with E-state index >= 15 is 0 Å². The maximum atomic E-state index is 11.9. The van der Waals surface area contributed by atoms with Crippen molar-refractivity contribution in [3.8, 4) is 5.75 Å². The van der Waals surface area contributed by atoms with Gasteiger partial charge in [0.15, 0.2) is 0 Å². The predicted molar refractivity (Wildman–Crippen MR) is 98.3 cm³/mol. The summed E-state index contributed by atoms with van der Waals surface area (Å²) in [7, 11) is 1.65. The Labute approximate surface area is 149 Å². The standard InChI is InChI=1S/C20H26N2O3/c1-24-18-10-8-16(9-11-18)15-25-13-5-12-22-20(23)14-19(21)17-6-3-2-4-7-17/h2-4,6-11,19H,5,12-15,21H2,1H3,(H,22,23). The molecule has 0 aliphatic carbocycles. The molecule has 1 amide bonds. The fraction of sp³-hybridized carbons (Fsp3) is 0.350. The molecule has 0 radical (unpaired) electrons. The van der Waals surface area contributed by atoms with E-state index in [-0.39, 0.29) is 18.4 Å². The highest BCUT2D eigenvalue weighted by atomic mass is 16.5. The van der Waals surface area contributed by atoms with Crippen LogP contribution in [0.5, 0.6) is 5.75 Å². The molecule has 2 aromatic carbocycles. The third-order valence-electron chi connectivity index (χ3n) is 3.85. The molecule has 0 saturated heterocycles. The lowest BCUT2D eigenvalue weighted by Gasteiger charge is -2.12. The second-order valence-electron chi connectivity index (χ2n) is 5.83. The predicted octanol–water partition coefficient (Wildman–Crippen LogP) is 2.81. The summed E-state index contributed by atoms with van der Waals surface area (Å²) in [6.07, 6.45) is 1.05. The number of carbonyl (C=O) groups excluding carboxylic acids is 1. The largest absolute Gasteiger partial charge is 0.497 e. The van der Waals surface area contributed by atoms with Crippen molar-refractivity contribution in [3.05, 3.63) is 65.7 Å². The first-order valence-corrected chi connectivity index (χ1v) is 8.47. The summed E-state index contributed by atoms with van der Waals surface area (Å²) in [5.74, 6) is 0.798. The van der Waals surface area contributed by atoms with E-state index in [1.54, 1.807) is 7.11 Å². The minimum absolute atomic E-state index is 0.0356. The third-order valence-corrected chi connectivity index (χ3v) is 3.85. The van der Waals surface area contributed by atoms with Crippen LogP contribution in [0.15, 0.2) is 54.6 Å². The van der Waals surface area contributed by atoms with Gasteiger partial charge >= 0.3 is 0 Å². The Morgan fingerprint density at radius 1 is 1.12 bits per heavy atom. The van der Waals surface area contributed by atoms with E-state index in [9.17, 15) is 4.79 Å². The number of ether oxygens (including phenoxy) is 2. The molecule has 134 valence electrons. The van der Waals surface area contributed by atoms with Crippen LogP contribution >= 0.6 is 0 Å². The quantitative estimate of drug-likeness (QED) is 0.651. The van der Waals surface area contributed by atoms with Gasteiger partial charge in [-0.3, -0.25) is 4.79 Å². The van der Waals surface area contributed by atoms with Crippen LogP contribution in [0, 0.1) is 0 Å². The molecule has 0 saturated carbocycles. The lowest BCUT2D eigenvalue weighted by Crippen LogP contribution is -2.28. The number of amides is 1. The smallest absolute Gasteiger partial charge is 0.221 e. The average molecular weight is 342 g/mol. The first-order chi connectivity index (χ1) is 12.2. The van der Waals surface area contributed by atoms with Crippen molar-refractivity contribution in [3.63, 3.8) is 0 Å². The Kier molecular flexibility index (Phi) is 7.95. The van der Waals surface area contributed by atoms with Crippen molar-refractivity contribution >= 4 is 5.91 Å². The van der Waals surface area contributed by atoms with Crippen molar-refractivity contribution in [1.82, 2.24) is 5.32 Å². The summed E-state index contributed by atoms with van der Waals surface area (Å²) in [5, 5.41) is 2.88. The van der Waals surface area contributed by atoms with E-state index < -0.39 is 0 Å². The van der Waals surface area contributed by atoms with E-state index in [2.05, 4.69) is 5.32 Å². The zero-order valence-corrected chi connectivity index (χ0v) is 14.6. The highest BCUT2D eigenvalue weighted by Gasteiger charge is 2.10. The SMILES string of the molecule is COc1ccc(COCCCNC(=O)CC(N)c2ccccc2)cc1. The van der Waals surface area contributed by atoms with E-state index in [0.717, 1.165) is 23.3 Å². The van der Waals surface area contributed by atoms with Gasteiger partial charge in [-0.25, -0.2) is 0 Å². The summed E-state index contributed by atoms with van der Waals surface area (Å²) >= 11 is 0. The summed E-state index contributed by atoms with van der Waals surface area (Å²) < 4.78 is 10.7. The van der Waals surface area contributed by atoms with Crippen LogP contribution in [0.3, 0.4) is 0 Å².